The van der Waals surface area contributed by atoms with Crippen molar-refractivity contribution in [1.29, 1.82) is 0 Å². The molecule has 4 nitrogen and oxygen atoms in total. The summed E-state index contributed by atoms with van der Waals surface area (Å²) in [6.45, 7) is 8.41. The van der Waals surface area contributed by atoms with Crippen LogP contribution in [0.15, 0.2) is 11.8 Å². The third kappa shape index (κ3) is 1.58. The molecule has 0 spiro atoms. The maximum Gasteiger partial charge on any atom is 0.411 e. The first-order chi connectivity index (χ1) is 8.34. The summed E-state index contributed by atoms with van der Waals surface area (Å²) in [6, 6.07) is 0. The molecule has 0 saturated heterocycles. The zero-order valence-electron chi connectivity index (χ0n) is 11.5. The van der Waals surface area contributed by atoms with E-state index in [1.807, 2.05) is 6.92 Å². The molecule has 0 heterocycles. The summed E-state index contributed by atoms with van der Waals surface area (Å²) in [5.41, 5.74) is 0.452. The summed E-state index contributed by atoms with van der Waals surface area (Å²) in [5.74, 6) is 0.428. The largest absolute Gasteiger partial charge is 0.450 e. The molecule has 0 aromatic carbocycles. The molecular formula is C14H21NO3. The van der Waals surface area contributed by atoms with E-state index < -0.39 is 6.09 Å². The van der Waals surface area contributed by atoms with E-state index in [4.69, 9.17) is 4.74 Å². The van der Waals surface area contributed by atoms with Crippen LogP contribution in [-0.2, 0) is 9.53 Å². The minimum Gasteiger partial charge on any atom is -0.450 e. The van der Waals surface area contributed by atoms with Crippen LogP contribution in [0.25, 0.3) is 0 Å². The Hall–Kier alpha value is -1.32. The number of fused-ring (bicyclic) bond motifs is 2. The number of hydrogen-bond donors (Lipinski definition) is 1. The van der Waals surface area contributed by atoms with Gasteiger partial charge in [-0.25, -0.2) is 4.79 Å². The topological polar surface area (TPSA) is 55.4 Å². The van der Waals surface area contributed by atoms with E-state index in [0.29, 0.717) is 6.61 Å². The molecule has 2 unspecified atom stereocenters. The molecule has 0 aromatic heterocycles. The highest BCUT2D eigenvalue weighted by atomic mass is 16.5. The first-order valence-electron chi connectivity index (χ1n) is 6.52. The van der Waals surface area contributed by atoms with Gasteiger partial charge in [-0.3, -0.25) is 10.1 Å². The summed E-state index contributed by atoms with van der Waals surface area (Å²) < 4.78 is 4.79. The fraction of sp³-hybridized carbons (Fsp3) is 0.714. The molecule has 0 aliphatic heterocycles. The zero-order chi connectivity index (χ0) is 13.6. The van der Waals surface area contributed by atoms with Gasteiger partial charge in [-0.05, 0) is 31.1 Å². The highest BCUT2D eigenvalue weighted by Crippen LogP contribution is 2.65. The van der Waals surface area contributed by atoms with Gasteiger partial charge in [-0.1, -0.05) is 20.8 Å². The number of Topliss-reactive ketones (excluding diaryl/α,β-unsaturated/α-hetero) is 1. The van der Waals surface area contributed by atoms with Crippen LogP contribution in [0.4, 0.5) is 4.79 Å². The summed E-state index contributed by atoms with van der Waals surface area (Å²) in [7, 11) is 0. The molecule has 2 aliphatic carbocycles. The number of carbonyl (C=O) groups excluding carboxylic acids is 2. The van der Waals surface area contributed by atoms with Crippen molar-refractivity contribution in [2.75, 3.05) is 6.61 Å². The minimum absolute atomic E-state index is 0.0216. The van der Waals surface area contributed by atoms with Gasteiger partial charge in [0.1, 0.15) is 0 Å². The van der Waals surface area contributed by atoms with Crippen molar-refractivity contribution in [2.24, 2.45) is 16.7 Å². The van der Waals surface area contributed by atoms with Crippen LogP contribution in [0.5, 0.6) is 0 Å². The van der Waals surface area contributed by atoms with Crippen LogP contribution in [0, 0.1) is 16.7 Å². The lowest BCUT2D eigenvalue weighted by atomic mass is 9.70. The van der Waals surface area contributed by atoms with Crippen molar-refractivity contribution < 1.29 is 14.3 Å². The van der Waals surface area contributed by atoms with Crippen molar-refractivity contribution in [3.05, 3.63) is 11.8 Å². The lowest BCUT2D eigenvalue weighted by Crippen LogP contribution is -2.32. The van der Waals surface area contributed by atoms with Gasteiger partial charge in [0.25, 0.3) is 0 Å². The number of rotatable bonds is 2. The van der Waals surface area contributed by atoms with Gasteiger partial charge in [0.15, 0.2) is 5.78 Å². The molecule has 2 fully saturated rings. The molecule has 1 amide bonds. The first kappa shape index (κ1) is 13.1. The zero-order valence-corrected chi connectivity index (χ0v) is 11.5. The van der Waals surface area contributed by atoms with E-state index in [1.54, 1.807) is 13.1 Å². The van der Waals surface area contributed by atoms with Gasteiger partial charge in [-0.15, -0.1) is 0 Å². The van der Waals surface area contributed by atoms with Crippen molar-refractivity contribution >= 4 is 11.9 Å². The molecule has 18 heavy (non-hydrogen) atoms. The highest BCUT2D eigenvalue weighted by Gasteiger charge is 2.63. The van der Waals surface area contributed by atoms with Gasteiger partial charge >= 0.3 is 6.09 Å². The van der Waals surface area contributed by atoms with Crippen molar-refractivity contribution in [3.63, 3.8) is 0 Å². The molecule has 2 aliphatic rings. The quantitative estimate of drug-likeness (QED) is 0.768. The third-order valence-corrected chi connectivity index (χ3v) is 4.99. The maximum atomic E-state index is 12.4. The summed E-state index contributed by atoms with van der Waals surface area (Å²) in [4.78, 5) is 23.7. The molecule has 2 rings (SSSR count). The van der Waals surface area contributed by atoms with Crippen LogP contribution in [0.1, 0.15) is 40.5 Å². The monoisotopic (exact) mass is 251 g/mol. The number of nitrogens with one attached hydrogen (secondary N) is 1. The Balaban J connectivity index is 2.20. The Morgan fingerprint density at radius 1 is 1.50 bits per heavy atom. The molecule has 0 radical (unpaired) electrons. The SMILES string of the molecule is CCOC(=O)N/C=C1/C(=O)C2(C)CCC1C2(C)C. The Bertz CT molecular complexity index is 425. The fourth-order valence-corrected chi connectivity index (χ4v) is 3.40. The van der Waals surface area contributed by atoms with Crippen molar-refractivity contribution in [2.45, 2.75) is 40.5 Å². The molecule has 100 valence electrons. The van der Waals surface area contributed by atoms with Gasteiger partial charge in [0.05, 0.1) is 6.61 Å². The number of amides is 1. The average molecular weight is 251 g/mol. The Kier molecular flexibility index (Phi) is 2.99. The van der Waals surface area contributed by atoms with Crippen molar-refractivity contribution in [3.8, 4) is 0 Å². The van der Waals surface area contributed by atoms with E-state index in [0.717, 1.165) is 18.4 Å². The molecular weight excluding hydrogens is 230 g/mol. The maximum absolute atomic E-state index is 12.4. The molecule has 2 saturated carbocycles. The molecule has 2 atom stereocenters. The standard InChI is InChI=1S/C14H21NO3/c1-5-18-12(17)15-8-9-10-6-7-14(4,11(9)16)13(10,2)3/h8,10H,5-7H2,1-4H3,(H,15,17)/b9-8+. The second-order valence-electron chi connectivity index (χ2n) is 5.94. The lowest BCUT2D eigenvalue weighted by Gasteiger charge is -2.31. The van der Waals surface area contributed by atoms with Gasteiger partial charge in [-0.2, -0.15) is 0 Å². The fourth-order valence-electron chi connectivity index (χ4n) is 3.40. The molecule has 2 bridgehead atoms. The third-order valence-electron chi connectivity index (χ3n) is 4.99. The summed E-state index contributed by atoms with van der Waals surface area (Å²) in [5, 5.41) is 2.55. The number of ether oxygens (including phenoxy) is 1. The van der Waals surface area contributed by atoms with E-state index >= 15 is 0 Å². The Labute approximate surface area is 108 Å². The number of alkyl carbamates (subject to hydrolysis) is 1. The minimum atomic E-state index is -0.497. The van der Waals surface area contributed by atoms with Gasteiger partial charge in [0.2, 0.25) is 0 Å². The predicted octanol–water partition coefficient (Wildman–Crippen LogP) is 2.64. The van der Waals surface area contributed by atoms with Crippen molar-refractivity contribution in [1.82, 2.24) is 5.32 Å². The van der Waals surface area contributed by atoms with Crippen LogP contribution >= 0.6 is 0 Å². The van der Waals surface area contributed by atoms with Gasteiger partial charge in [0, 0.05) is 17.2 Å². The summed E-state index contributed by atoms with van der Waals surface area (Å²) in [6.07, 6.45) is 3.02. The Morgan fingerprint density at radius 3 is 2.67 bits per heavy atom. The van der Waals surface area contributed by atoms with E-state index in [9.17, 15) is 9.59 Å². The first-order valence-corrected chi connectivity index (χ1v) is 6.52. The van der Waals surface area contributed by atoms with Crippen LogP contribution in [-0.4, -0.2) is 18.5 Å². The van der Waals surface area contributed by atoms with Gasteiger partial charge < -0.3 is 4.74 Å². The molecule has 1 N–H and O–H groups in total. The predicted molar refractivity (Wildman–Crippen MR) is 67.9 cm³/mol. The Morgan fingerprint density at radius 2 is 2.17 bits per heavy atom. The second kappa shape index (κ2) is 4.11. The molecule has 4 heteroatoms. The van der Waals surface area contributed by atoms with Crippen LogP contribution in [0.2, 0.25) is 0 Å². The smallest absolute Gasteiger partial charge is 0.411 e. The van der Waals surface area contributed by atoms with Crippen LogP contribution < -0.4 is 5.32 Å². The highest BCUT2D eigenvalue weighted by molar-refractivity contribution is 6.04. The normalized spacial score (nSPS) is 35.0. The second-order valence-corrected chi connectivity index (χ2v) is 5.94. The van der Waals surface area contributed by atoms with E-state index in [1.165, 1.54) is 0 Å². The number of allylic oxidation sites excluding steroid dienone is 1. The number of hydrogen-bond acceptors (Lipinski definition) is 3. The number of ketones is 1. The van der Waals surface area contributed by atoms with E-state index in [2.05, 4.69) is 19.2 Å². The van der Waals surface area contributed by atoms with E-state index in [-0.39, 0.29) is 22.5 Å². The number of carbonyl (C=O) groups is 2. The lowest BCUT2D eigenvalue weighted by molar-refractivity contribution is -0.125. The average Bonchev–Trinajstić information content (AvgIpc) is 2.60. The summed E-state index contributed by atoms with van der Waals surface area (Å²) >= 11 is 0. The molecule has 0 aromatic rings. The van der Waals surface area contributed by atoms with Crippen LogP contribution in [0.3, 0.4) is 0 Å².